The summed E-state index contributed by atoms with van der Waals surface area (Å²) in [5.74, 6) is -0.0915. The van der Waals surface area contributed by atoms with E-state index >= 15 is 0 Å². The zero-order valence-corrected chi connectivity index (χ0v) is 15.4. The fraction of sp³-hybridized carbons (Fsp3) is 0.588. The fourth-order valence-corrected chi connectivity index (χ4v) is 4.61. The molecule has 7 nitrogen and oxygen atoms in total. The Kier molecular flexibility index (Phi) is 5.73. The van der Waals surface area contributed by atoms with Crippen LogP contribution in [0.5, 0.6) is 0 Å². The number of carbonyl (C=O) groups is 1. The summed E-state index contributed by atoms with van der Waals surface area (Å²) in [5, 5.41) is 3.34. The molecule has 2 saturated heterocycles. The van der Waals surface area contributed by atoms with Gasteiger partial charge in [0.25, 0.3) is 5.91 Å². The number of rotatable bonds is 5. The molecule has 2 fully saturated rings. The topological polar surface area (TPSA) is 81.8 Å². The third-order valence-corrected chi connectivity index (χ3v) is 6.39. The fourth-order valence-electron chi connectivity index (χ4n) is 3.52. The van der Waals surface area contributed by atoms with Crippen LogP contribution in [0.4, 0.5) is 0 Å². The summed E-state index contributed by atoms with van der Waals surface area (Å²) in [6, 6.07) is 6.70. The molecule has 25 heavy (non-hydrogen) atoms. The van der Waals surface area contributed by atoms with Gasteiger partial charge in [-0.15, -0.1) is 0 Å². The van der Waals surface area contributed by atoms with Gasteiger partial charge < -0.3 is 10.2 Å². The van der Waals surface area contributed by atoms with Gasteiger partial charge in [-0.05, 0) is 24.6 Å². The van der Waals surface area contributed by atoms with Crippen molar-refractivity contribution < 1.29 is 13.2 Å². The minimum atomic E-state index is -3.55. The predicted octanol–water partition coefficient (Wildman–Crippen LogP) is 0.105. The van der Waals surface area contributed by atoms with Crippen LogP contribution in [0, 0.1) is 0 Å². The normalized spacial score (nSPS) is 22.3. The molecule has 1 unspecified atom stereocenters. The molecule has 0 saturated carbocycles. The molecule has 0 aromatic heterocycles. The molecule has 8 heteroatoms. The molecule has 2 aliphatic rings. The quantitative estimate of drug-likeness (QED) is 0.773. The first-order valence-corrected chi connectivity index (χ1v) is 10.3. The lowest BCUT2D eigenvalue weighted by Gasteiger charge is -2.32. The van der Waals surface area contributed by atoms with Gasteiger partial charge in [0.05, 0.1) is 4.90 Å². The molecule has 0 aliphatic carbocycles. The molecular weight excluding hydrogens is 340 g/mol. The highest BCUT2D eigenvalue weighted by Crippen LogP contribution is 2.20. The summed E-state index contributed by atoms with van der Waals surface area (Å²) in [7, 11) is -3.55. The van der Waals surface area contributed by atoms with Crippen LogP contribution >= 0.6 is 0 Å². The van der Waals surface area contributed by atoms with E-state index in [4.69, 9.17) is 0 Å². The maximum atomic E-state index is 12.8. The van der Waals surface area contributed by atoms with Gasteiger partial charge in [0.1, 0.15) is 0 Å². The van der Waals surface area contributed by atoms with Gasteiger partial charge in [0, 0.05) is 57.4 Å². The van der Waals surface area contributed by atoms with Crippen molar-refractivity contribution in [3.63, 3.8) is 0 Å². The van der Waals surface area contributed by atoms with Crippen LogP contribution in [0.1, 0.15) is 23.7 Å². The van der Waals surface area contributed by atoms with E-state index in [9.17, 15) is 13.2 Å². The summed E-state index contributed by atoms with van der Waals surface area (Å²) < 4.78 is 26.7. The monoisotopic (exact) mass is 366 g/mol. The minimum Gasteiger partial charge on any atom is -0.337 e. The van der Waals surface area contributed by atoms with Crippen molar-refractivity contribution in [3.05, 3.63) is 29.8 Å². The summed E-state index contributed by atoms with van der Waals surface area (Å²) in [6.07, 6.45) is 0.973. The van der Waals surface area contributed by atoms with Gasteiger partial charge in [-0.1, -0.05) is 13.0 Å². The number of amides is 1. The van der Waals surface area contributed by atoms with Gasteiger partial charge in [0.2, 0.25) is 10.0 Å². The molecule has 1 aromatic carbocycles. The maximum absolute atomic E-state index is 12.8. The molecule has 1 atom stereocenters. The van der Waals surface area contributed by atoms with E-state index in [0.717, 1.165) is 39.1 Å². The second kappa shape index (κ2) is 7.82. The van der Waals surface area contributed by atoms with E-state index in [1.807, 2.05) is 4.90 Å². The lowest BCUT2D eigenvalue weighted by atomic mass is 10.2. The summed E-state index contributed by atoms with van der Waals surface area (Å²) in [6.45, 7) is 7.50. The number of sulfonamides is 1. The lowest BCUT2D eigenvalue weighted by molar-refractivity contribution is 0.0773. The molecular formula is C17H26N4O3S. The van der Waals surface area contributed by atoms with Crippen LogP contribution in [-0.4, -0.2) is 76.0 Å². The molecule has 0 spiro atoms. The van der Waals surface area contributed by atoms with E-state index in [0.29, 0.717) is 24.7 Å². The van der Waals surface area contributed by atoms with Crippen molar-refractivity contribution >= 4 is 15.9 Å². The number of hydrogen-bond acceptors (Lipinski definition) is 5. The first kappa shape index (κ1) is 18.3. The van der Waals surface area contributed by atoms with Crippen LogP contribution in [0.3, 0.4) is 0 Å². The molecule has 1 amide bonds. The van der Waals surface area contributed by atoms with E-state index in [1.165, 1.54) is 12.1 Å². The second-order valence-corrected chi connectivity index (χ2v) is 8.28. The van der Waals surface area contributed by atoms with Crippen LogP contribution < -0.4 is 10.0 Å². The van der Waals surface area contributed by atoms with E-state index in [1.54, 1.807) is 19.1 Å². The highest BCUT2D eigenvalue weighted by Gasteiger charge is 2.31. The Hall–Kier alpha value is -1.48. The maximum Gasteiger partial charge on any atom is 0.253 e. The van der Waals surface area contributed by atoms with Crippen LogP contribution in [0.15, 0.2) is 29.2 Å². The summed E-state index contributed by atoms with van der Waals surface area (Å²) >= 11 is 0. The standard InChI is InChI=1S/C17H26N4O3S/c1-2-19-25(23,24)16-5-3-4-14(12-16)17(22)21-9-6-15(13-21)20-10-7-18-8-11-20/h3-5,12,15,18-19H,2,6-11,13H2,1H3. The predicted molar refractivity (Wildman–Crippen MR) is 96.1 cm³/mol. The van der Waals surface area contributed by atoms with E-state index in [2.05, 4.69) is 14.9 Å². The first-order valence-electron chi connectivity index (χ1n) is 8.85. The zero-order chi connectivity index (χ0) is 17.9. The number of benzene rings is 1. The van der Waals surface area contributed by atoms with Crippen molar-refractivity contribution in [2.75, 3.05) is 45.8 Å². The Bertz CT molecular complexity index is 716. The average molecular weight is 366 g/mol. The van der Waals surface area contributed by atoms with E-state index in [-0.39, 0.29) is 10.8 Å². The number of nitrogens with one attached hydrogen (secondary N) is 2. The SMILES string of the molecule is CCNS(=O)(=O)c1cccc(C(=O)N2CCC(N3CCNCC3)C2)c1. The summed E-state index contributed by atoms with van der Waals surface area (Å²) in [5.41, 5.74) is 0.430. The Labute approximate surface area is 149 Å². The third-order valence-electron chi connectivity index (χ3n) is 4.84. The van der Waals surface area contributed by atoms with E-state index < -0.39 is 10.0 Å². The average Bonchev–Trinajstić information content (AvgIpc) is 3.12. The lowest BCUT2D eigenvalue weighted by Crippen LogP contribution is -2.49. The Morgan fingerprint density at radius 2 is 2.04 bits per heavy atom. The highest BCUT2D eigenvalue weighted by molar-refractivity contribution is 7.89. The van der Waals surface area contributed by atoms with Crippen LogP contribution in [-0.2, 0) is 10.0 Å². The van der Waals surface area contributed by atoms with Gasteiger partial charge in [-0.2, -0.15) is 0 Å². The molecule has 0 bridgehead atoms. The number of carbonyl (C=O) groups excluding carboxylic acids is 1. The van der Waals surface area contributed by atoms with Gasteiger partial charge in [-0.25, -0.2) is 13.1 Å². The molecule has 138 valence electrons. The van der Waals surface area contributed by atoms with Gasteiger partial charge in [0.15, 0.2) is 0 Å². The minimum absolute atomic E-state index is 0.0915. The van der Waals surface area contributed by atoms with Crippen molar-refractivity contribution in [2.45, 2.75) is 24.3 Å². The Morgan fingerprint density at radius 3 is 2.76 bits per heavy atom. The zero-order valence-electron chi connectivity index (χ0n) is 14.6. The van der Waals surface area contributed by atoms with Crippen LogP contribution in [0.25, 0.3) is 0 Å². The third kappa shape index (κ3) is 4.20. The molecule has 2 aliphatic heterocycles. The number of likely N-dealkylation sites (tertiary alicyclic amines) is 1. The number of nitrogens with zero attached hydrogens (tertiary/aromatic N) is 2. The molecule has 1 aromatic rings. The second-order valence-electron chi connectivity index (χ2n) is 6.51. The number of hydrogen-bond donors (Lipinski definition) is 2. The molecule has 2 N–H and O–H groups in total. The molecule has 0 radical (unpaired) electrons. The van der Waals surface area contributed by atoms with Crippen molar-refractivity contribution in [1.82, 2.24) is 19.8 Å². The first-order chi connectivity index (χ1) is 12.0. The largest absolute Gasteiger partial charge is 0.337 e. The van der Waals surface area contributed by atoms with Crippen molar-refractivity contribution in [2.24, 2.45) is 0 Å². The van der Waals surface area contributed by atoms with Crippen molar-refractivity contribution in [3.8, 4) is 0 Å². The molecule has 2 heterocycles. The van der Waals surface area contributed by atoms with Gasteiger partial charge >= 0.3 is 0 Å². The van der Waals surface area contributed by atoms with Crippen molar-refractivity contribution in [1.29, 1.82) is 0 Å². The highest BCUT2D eigenvalue weighted by atomic mass is 32.2. The number of piperazine rings is 1. The molecule has 3 rings (SSSR count). The Balaban J connectivity index is 1.69. The smallest absolute Gasteiger partial charge is 0.253 e. The van der Waals surface area contributed by atoms with Gasteiger partial charge in [-0.3, -0.25) is 9.69 Å². The summed E-state index contributed by atoms with van der Waals surface area (Å²) in [4.78, 5) is 17.2. The van der Waals surface area contributed by atoms with Crippen LogP contribution in [0.2, 0.25) is 0 Å². The Morgan fingerprint density at radius 1 is 1.28 bits per heavy atom.